The summed E-state index contributed by atoms with van der Waals surface area (Å²) in [7, 11) is 0. The molecule has 1 aliphatic rings. The summed E-state index contributed by atoms with van der Waals surface area (Å²) in [6, 6.07) is -0.288. The molecule has 0 radical (unpaired) electrons. The molecular formula is C11H19N3O6. The van der Waals surface area contributed by atoms with E-state index in [1.165, 1.54) is 4.90 Å². The van der Waals surface area contributed by atoms with Crippen LogP contribution in [-0.4, -0.2) is 73.0 Å². The largest absolute Gasteiger partial charge is 0.480 e. The monoisotopic (exact) mass is 289 g/mol. The SMILES string of the molecule is CC1(OCC(=O)O)CN(C(=O)NCCOCC(N)=O)C1. The Morgan fingerprint density at radius 2 is 2.00 bits per heavy atom. The van der Waals surface area contributed by atoms with E-state index in [0.29, 0.717) is 13.1 Å². The van der Waals surface area contributed by atoms with E-state index in [1.807, 2.05) is 0 Å². The Labute approximate surface area is 116 Å². The number of carboxylic acid groups (broad SMARTS) is 1. The third kappa shape index (κ3) is 5.41. The van der Waals surface area contributed by atoms with E-state index in [0.717, 1.165) is 0 Å². The van der Waals surface area contributed by atoms with Gasteiger partial charge in [0.2, 0.25) is 5.91 Å². The van der Waals surface area contributed by atoms with Gasteiger partial charge in [-0.1, -0.05) is 0 Å². The summed E-state index contributed by atoms with van der Waals surface area (Å²) in [6.07, 6.45) is 0. The number of carboxylic acids is 1. The van der Waals surface area contributed by atoms with E-state index in [-0.39, 0.29) is 32.4 Å². The van der Waals surface area contributed by atoms with Crippen LogP contribution in [0, 0.1) is 0 Å². The van der Waals surface area contributed by atoms with E-state index in [9.17, 15) is 14.4 Å². The number of amides is 3. The number of likely N-dealkylation sites (tertiary alicyclic amines) is 1. The van der Waals surface area contributed by atoms with Crippen molar-refractivity contribution in [2.24, 2.45) is 5.73 Å². The third-order valence-electron chi connectivity index (χ3n) is 2.65. The molecule has 0 spiro atoms. The highest BCUT2D eigenvalue weighted by atomic mass is 16.5. The maximum Gasteiger partial charge on any atom is 0.329 e. The Morgan fingerprint density at radius 3 is 2.55 bits per heavy atom. The van der Waals surface area contributed by atoms with Gasteiger partial charge >= 0.3 is 12.0 Å². The second-order valence-electron chi connectivity index (χ2n) is 4.74. The summed E-state index contributed by atoms with van der Waals surface area (Å²) in [4.78, 5) is 33.9. The lowest BCUT2D eigenvalue weighted by molar-refractivity contribution is -0.159. The number of nitrogens with one attached hydrogen (secondary N) is 1. The van der Waals surface area contributed by atoms with Gasteiger partial charge in [-0.3, -0.25) is 4.79 Å². The van der Waals surface area contributed by atoms with E-state index >= 15 is 0 Å². The molecule has 1 fully saturated rings. The first kappa shape index (κ1) is 16.2. The maximum absolute atomic E-state index is 11.6. The Bertz CT molecular complexity index is 380. The van der Waals surface area contributed by atoms with E-state index in [1.54, 1.807) is 6.92 Å². The minimum absolute atomic E-state index is 0.180. The molecule has 0 saturated carbocycles. The number of primary amides is 1. The summed E-state index contributed by atoms with van der Waals surface area (Å²) < 4.78 is 10.1. The van der Waals surface area contributed by atoms with Crippen LogP contribution >= 0.6 is 0 Å². The highest BCUT2D eigenvalue weighted by Gasteiger charge is 2.42. The molecule has 9 heteroatoms. The van der Waals surface area contributed by atoms with Crippen molar-refractivity contribution in [2.75, 3.05) is 39.5 Å². The quantitative estimate of drug-likeness (QED) is 0.460. The molecule has 0 aromatic heterocycles. The minimum Gasteiger partial charge on any atom is -0.480 e. The van der Waals surface area contributed by atoms with Crippen molar-refractivity contribution in [3.05, 3.63) is 0 Å². The van der Waals surface area contributed by atoms with Gasteiger partial charge < -0.3 is 30.5 Å². The van der Waals surface area contributed by atoms with Crippen molar-refractivity contribution in [2.45, 2.75) is 12.5 Å². The molecule has 0 aliphatic carbocycles. The average Bonchev–Trinajstić information content (AvgIpc) is 2.31. The molecule has 3 amide bonds. The summed E-state index contributed by atoms with van der Waals surface area (Å²) in [6.45, 7) is 2.29. The predicted octanol–water partition coefficient (Wildman–Crippen LogP) is -1.63. The lowest BCUT2D eigenvalue weighted by atomic mass is 9.97. The molecule has 1 aliphatic heterocycles. The van der Waals surface area contributed by atoms with Crippen LogP contribution in [0.5, 0.6) is 0 Å². The van der Waals surface area contributed by atoms with Crippen LogP contribution in [0.1, 0.15) is 6.92 Å². The van der Waals surface area contributed by atoms with E-state index < -0.39 is 17.5 Å². The standard InChI is InChI=1S/C11H19N3O6/c1-11(20-5-9(16)17)6-14(7-11)10(18)13-2-3-19-4-8(12)15/h2-7H2,1H3,(H2,12,15)(H,13,18)(H,16,17). The van der Waals surface area contributed by atoms with Crippen LogP contribution in [-0.2, 0) is 19.1 Å². The van der Waals surface area contributed by atoms with Gasteiger partial charge in [0, 0.05) is 6.54 Å². The summed E-state index contributed by atoms with van der Waals surface area (Å²) in [5.41, 5.74) is 4.26. The Kier molecular flexibility index (Phi) is 5.71. The van der Waals surface area contributed by atoms with Gasteiger partial charge in [-0.15, -0.1) is 0 Å². The van der Waals surface area contributed by atoms with Crippen molar-refractivity contribution < 1.29 is 29.0 Å². The number of nitrogens with two attached hydrogens (primary N) is 1. The summed E-state index contributed by atoms with van der Waals surface area (Å²) in [5.74, 6) is -1.61. The van der Waals surface area contributed by atoms with Gasteiger partial charge in [0.15, 0.2) is 0 Å². The zero-order valence-corrected chi connectivity index (χ0v) is 11.3. The van der Waals surface area contributed by atoms with Crippen LogP contribution < -0.4 is 11.1 Å². The average molecular weight is 289 g/mol. The number of aliphatic carboxylic acids is 1. The van der Waals surface area contributed by atoms with Crippen molar-refractivity contribution in [1.82, 2.24) is 10.2 Å². The zero-order chi connectivity index (χ0) is 15.2. The maximum atomic E-state index is 11.6. The highest BCUT2D eigenvalue weighted by Crippen LogP contribution is 2.24. The molecular weight excluding hydrogens is 270 g/mol. The van der Waals surface area contributed by atoms with E-state index in [4.69, 9.17) is 20.3 Å². The van der Waals surface area contributed by atoms with Crippen molar-refractivity contribution in [3.63, 3.8) is 0 Å². The Balaban J connectivity index is 2.12. The van der Waals surface area contributed by atoms with E-state index in [2.05, 4.69) is 5.32 Å². The molecule has 0 bridgehead atoms. The number of ether oxygens (including phenoxy) is 2. The van der Waals surface area contributed by atoms with Crippen LogP contribution in [0.3, 0.4) is 0 Å². The molecule has 0 aromatic carbocycles. The van der Waals surface area contributed by atoms with Crippen LogP contribution in [0.25, 0.3) is 0 Å². The van der Waals surface area contributed by atoms with Crippen LogP contribution in [0.15, 0.2) is 0 Å². The summed E-state index contributed by atoms with van der Waals surface area (Å²) >= 11 is 0. The number of carbonyl (C=O) groups is 3. The second kappa shape index (κ2) is 7.06. The fourth-order valence-electron chi connectivity index (χ4n) is 1.75. The van der Waals surface area contributed by atoms with Gasteiger partial charge in [-0.25, -0.2) is 9.59 Å². The van der Waals surface area contributed by atoms with Crippen molar-refractivity contribution in [1.29, 1.82) is 0 Å². The number of urea groups is 1. The molecule has 1 rings (SSSR count). The highest BCUT2D eigenvalue weighted by molar-refractivity contribution is 5.76. The molecule has 0 aromatic rings. The molecule has 114 valence electrons. The first-order chi connectivity index (χ1) is 9.32. The topological polar surface area (TPSA) is 131 Å². The van der Waals surface area contributed by atoms with Gasteiger partial charge in [-0.2, -0.15) is 0 Å². The number of hydrogen-bond acceptors (Lipinski definition) is 5. The first-order valence-corrected chi connectivity index (χ1v) is 6.07. The van der Waals surface area contributed by atoms with Gasteiger partial charge in [0.05, 0.1) is 19.7 Å². The molecule has 0 atom stereocenters. The fourth-order valence-corrected chi connectivity index (χ4v) is 1.75. The molecule has 9 nitrogen and oxygen atoms in total. The van der Waals surface area contributed by atoms with Crippen LogP contribution in [0.4, 0.5) is 4.79 Å². The molecule has 0 unspecified atom stereocenters. The number of rotatable bonds is 8. The lowest BCUT2D eigenvalue weighted by Gasteiger charge is -2.46. The second-order valence-corrected chi connectivity index (χ2v) is 4.74. The van der Waals surface area contributed by atoms with Crippen molar-refractivity contribution >= 4 is 17.9 Å². The number of nitrogens with zero attached hydrogens (tertiary/aromatic N) is 1. The predicted molar refractivity (Wildman–Crippen MR) is 67.0 cm³/mol. The molecule has 1 saturated heterocycles. The first-order valence-electron chi connectivity index (χ1n) is 6.07. The van der Waals surface area contributed by atoms with Gasteiger partial charge in [0.1, 0.15) is 18.8 Å². The molecule has 4 N–H and O–H groups in total. The van der Waals surface area contributed by atoms with Gasteiger partial charge in [-0.05, 0) is 6.92 Å². The zero-order valence-electron chi connectivity index (χ0n) is 11.3. The fraction of sp³-hybridized carbons (Fsp3) is 0.727. The van der Waals surface area contributed by atoms with Crippen LogP contribution in [0.2, 0.25) is 0 Å². The lowest BCUT2D eigenvalue weighted by Crippen LogP contribution is -2.65. The third-order valence-corrected chi connectivity index (χ3v) is 2.65. The molecule has 20 heavy (non-hydrogen) atoms. The van der Waals surface area contributed by atoms with Crippen molar-refractivity contribution in [3.8, 4) is 0 Å². The smallest absolute Gasteiger partial charge is 0.329 e. The summed E-state index contributed by atoms with van der Waals surface area (Å²) in [5, 5.41) is 11.1. The molecule has 1 heterocycles. The number of hydrogen-bond donors (Lipinski definition) is 3. The minimum atomic E-state index is -1.04. The number of carbonyl (C=O) groups excluding carboxylic acids is 2. The van der Waals surface area contributed by atoms with Gasteiger partial charge in [0.25, 0.3) is 0 Å². The Hall–Kier alpha value is -1.87. The normalized spacial score (nSPS) is 16.4. The Morgan fingerprint density at radius 1 is 1.35 bits per heavy atom.